The van der Waals surface area contributed by atoms with Gasteiger partial charge in [-0.15, -0.1) is 0 Å². The number of para-hydroxylation sites is 1. The highest BCUT2D eigenvalue weighted by Gasteiger charge is 2.46. The Hall–Kier alpha value is -3.35. The van der Waals surface area contributed by atoms with Gasteiger partial charge < -0.3 is 14.8 Å². The third kappa shape index (κ3) is 3.09. The highest BCUT2D eigenvalue weighted by Crippen LogP contribution is 2.38. The van der Waals surface area contributed by atoms with Crippen molar-refractivity contribution in [1.29, 1.82) is 0 Å². The number of carbonyl (C=O) groups excluding carboxylic acids is 3. The number of hydrogen-bond acceptors (Lipinski definition) is 5. The van der Waals surface area contributed by atoms with Crippen LogP contribution >= 0.6 is 0 Å². The average Bonchev–Trinajstić information content (AvgIpc) is 3.26. The molecule has 0 unspecified atom stereocenters. The van der Waals surface area contributed by atoms with Crippen molar-refractivity contribution < 1.29 is 23.9 Å². The topological polar surface area (TPSA) is 84.9 Å². The van der Waals surface area contributed by atoms with Crippen molar-refractivity contribution >= 4 is 17.8 Å². The van der Waals surface area contributed by atoms with E-state index in [9.17, 15) is 14.4 Å². The van der Waals surface area contributed by atoms with E-state index in [1.807, 2.05) is 24.3 Å². The van der Waals surface area contributed by atoms with E-state index in [0.29, 0.717) is 23.3 Å². The first-order valence-corrected chi connectivity index (χ1v) is 9.11. The molecule has 28 heavy (non-hydrogen) atoms. The average molecular weight is 380 g/mol. The fourth-order valence-electron chi connectivity index (χ4n) is 3.74. The van der Waals surface area contributed by atoms with Gasteiger partial charge in [0.15, 0.2) is 0 Å². The summed E-state index contributed by atoms with van der Waals surface area (Å²) in [4.78, 5) is 38.9. The van der Waals surface area contributed by atoms with E-state index in [-0.39, 0.29) is 24.8 Å². The predicted octanol–water partition coefficient (Wildman–Crippen LogP) is 2.17. The summed E-state index contributed by atoms with van der Waals surface area (Å²) in [6.45, 7) is 0.280. The maximum atomic E-state index is 12.8. The Morgan fingerprint density at radius 1 is 1.18 bits per heavy atom. The highest BCUT2D eigenvalue weighted by atomic mass is 16.6. The number of nitrogens with zero attached hydrogens (tertiary/aromatic N) is 1. The second-order valence-electron chi connectivity index (χ2n) is 6.73. The standard InChI is InChI=1S/C21H20N2O5/c1-27-17-9-5-2-6-13(17)12-22-19(25)16-10-11-18(24)23(16)20-14-7-3-4-8-15(14)21(26)28-20/h2-9,16,20H,10-12H2,1H3,(H,22,25)/t16-,20+/m1/s1. The summed E-state index contributed by atoms with van der Waals surface area (Å²) in [5, 5.41) is 2.87. The first-order valence-electron chi connectivity index (χ1n) is 9.11. The second-order valence-corrected chi connectivity index (χ2v) is 6.73. The van der Waals surface area contributed by atoms with Crippen molar-refractivity contribution in [2.75, 3.05) is 7.11 Å². The molecule has 144 valence electrons. The van der Waals surface area contributed by atoms with Crippen LogP contribution in [0.25, 0.3) is 0 Å². The van der Waals surface area contributed by atoms with Crippen LogP contribution < -0.4 is 10.1 Å². The zero-order valence-electron chi connectivity index (χ0n) is 15.4. The number of esters is 1. The van der Waals surface area contributed by atoms with Crippen molar-refractivity contribution in [2.24, 2.45) is 0 Å². The van der Waals surface area contributed by atoms with E-state index in [1.165, 1.54) is 4.90 Å². The second kappa shape index (κ2) is 7.34. The summed E-state index contributed by atoms with van der Waals surface area (Å²) >= 11 is 0. The van der Waals surface area contributed by atoms with Gasteiger partial charge in [-0.2, -0.15) is 0 Å². The third-order valence-electron chi connectivity index (χ3n) is 5.12. The van der Waals surface area contributed by atoms with Crippen molar-refractivity contribution in [1.82, 2.24) is 10.2 Å². The number of benzene rings is 2. The lowest BCUT2D eigenvalue weighted by molar-refractivity contribution is -0.145. The molecule has 0 saturated carbocycles. The van der Waals surface area contributed by atoms with Crippen molar-refractivity contribution in [3.05, 3.63) is 65.2 Å². The molecule has 1 N–H and O–H groups in total. The molecular formula is C21H20N2O5. The summed E-state index contributed by atoms with van der Waals surface area (Å²) in [5.41, 5.74) is 1.89. The van der Waals surface area contributed by atoms with Crippen LogP contribution in [0.1, 0.15) is 40.6 Å². The molecule has 0 spiro atoms. The summed E-state index contributed by atoms with van der Waals surface area (Å²) in [6, 6.07) is 13.7. The number of nitrogens with one attached hydrogen (secondary N) is 1. The van der Waals surface area contributed by atoms with Crippen LogP contribution in [-0.4, -0.2) is 35.8 Å². The normalized spacial score (nSPS) is 20.7. The minimum absolute atomic E-state index is 0.202. The van der Waals surface area contributed by atoms with Crippen LogP contribution in [0.2, 0.25) is 0 Å². The largest absolute Gasteiger partial charge is 0.496 e. The van der Waals surface area contributed by atoms with Crippen LogP contribution in [-0.2, 0) is 20.9 Å². The number of fused-ring (bicyclic) bond motifs is 1. The fraction of sp³-hybridized carbons (Fsp3) is 0.286. The van der Waals surface area contributed by atoms with E-state index in [1.54, 1.807) is 31.4 Å². The Morgan fingerprint density at radius 3 is 2.75 bits per heavy atom. The SMILES string of the molecule is COc1ccccc1CNC(=O)[C@H]1CCC(=O)N1[C@H]1OC(=O)c2ccccc21. The van der Waals surface area contributed by atoms with Gasteiger partial charge >= 0.3 is 5.97 Å². The third-order valence-corrected chi connectivity index (χ3v) is 5.12. The van der Waals surface area contributed by atoms with Crippen LogP contribution in [0.4, 0.5) is 0 Å². The fourth-order valence-corrected chi connectivity index (χ4v) is 3.74. The first-order chi connectivity index (χ1) is 13.6. The van der Waals surface area contributed by atoms with Gasteiger partial charge in [0.1, 0.15) is 11.8 Å². The van der Waals surface area contributed by atoms with Gasteiger partial charge in [-0.3, -0.25) is 14.5 Å². The van der Waals surface area contributed by atoms with Gasteiger partial charge in [0.2, 0.25) is 18.0 Å². The molecule has 1 fully saturated rings. The molecule has 0 aromatic heterocycles. The molecular weight excluding hydrogens is 360 g/mol. The van der Waals surface area contributed by atoms with Crippen molar-refractivity contribution in [2.45, 2.75) is 31.7 Å². The van der Waals surface area contributed by atoms with E-state index < -0.39 is 18.2 Å². The lowest BCUT2D eigenvalue weighted by Crippen LogP contribution is -2.46. The number of amides is 2. The molecule has 0 radical (unpaired) electrons. The molecule has 1 saturated heterocycles. The van der Waals surface area contributed by atoms with E-state index in [4.69, 9.17) is 9.47 Å². The van der Waals surface area contributed by atoms with Crippen molar-refractivity contribution in [3.63, 3.8) is 0 Å². The molecule has 0 bridgehead atoms. The quantitative estimate of drug-likeness (QED) is 0.804. The minimum atomic E-state index is -0.860. The molecule has 2 atom stereocenters. The molecule has 2 aliphatic heterocycles. The van der Waals surface area contributed by atoms with E-state index in [0.717, 1.165) is 5.56 Å². The Balaban J connectivity index is 1.52. The Morgan fingerprint density at radius 2 is 1.93 bits per heavy atom. The van der Waals surface area contributed by atoms with Gasteiger partial charge in [0, 0.05) is 24.1 Å². The van der Waals surface area contributed by atoms with Gasteiger partial charge in [-0.25, -0.2) is 4.79 Å². The molecule has 2 heterocycles. The van der Waals surface area contributed by atoms with Gasteiger partial charge in [0.25, 0.3) is 0 Å². The lowest BCUT2D eigenvalue weighted by atomic mass is 10.1. The monoisotopic (exact) mass is 380 g/mol. The molecule has 4 rings (SSSR count). The molecule has 7 heteroatoms. The van der Waals surface area contributed by atoms with Crippen LogP contribution in [0.3, 0.4) is 0 Å². The van der Waals surface area contributed by atoms with Gasteiger partial charge in [0.05, 0.1) is 12.7 Å². The number of cyclic esters (lactones) is 1. The van der Waals surface area contributed by atoms with Crippen LogP contribution in [0.15, 0.2) is 48.5 Å². The summed E-state index contributed by atoms with van der Waals surface area (Å²) in [6.07, 6.45) is -0.240. The smallest absolute Gasteiger partial charge is 0.340 e. The highest BCUT2D eigenvalue weighted by molar-refractivity contribution is 5.96. The summed E-state index contributed by atoms with van der Waals surface area (Å²) in [7, 11) is 1.57. The molecule has 0 aliphatic carbocycles. The maximum Gasteiger partial charge on any atom is 0.340 e. The number of methoxy groups -OCH3 is 1. The zero-order valence-corrected chi connectivity index (χ0v) is 15.4. The summed E-state index contributed by atoms with van der Waals surface area (Å²) < 4.78 is 10.7. The number of likely N-dealkylation sites (tertiary alicyclic amines) is 1. The maximum absolute atomic E-state index is 12.8. The van der Waals surface area contributed by atoms with Crippen LogP contribution in [0, 0.1) is 0 Å². The molecule has 2 aromatic carbocycles. The van der Waals surface area contributed by atoms with Gasteiger partial charge in [-0.05, 0) is 18.6 Å². The lowest BCUT2D eigenvalue weighted by Gasteiger charge is -2.29. The number of ether oxygens (including phenoxy) is 2. The van der Waals surface area contributed by atoms with E-state index in [2.05, 4.69) is 5.32 Å². The van der Waals surface area contributed by atoms with E-state index >= 15 is 0 Å². The first kappa shape index (κ1) is 18.0. The number of hydrogen-bond donors (Lipinski definition) is 1. The van der Waals surface area contributed by atoms with Crippen molar-refractivity contribution in [3.8, 4) is 5.75 Å². The molecule has 2 aromatic rings. The molecule has 2 amide bonds. The Kier molecular flexibility index (Phi) is 4.73. The summed E-state index contributed by atoms with van der Waals surface area (Å²) in [5.74, 6) is -0.279. The molecule has 2 aliphatic rings. The van der Waals surface area contributed by atoms with Gasteiger partial charge in [-0.1, -0.05) is 36.4 Å². The predicted molar refractivity (Wildman–Crippen MR) is 99.3 cm³/mol. The Labute approximate surface area is 162 Å². The minimum Gasteiger partial charge on any atom is -0.496 e. The Bertz CT molecular complexity index is 942. The van der Waals surface area contributed by atoms with Crippen LogP contribution in [0.5, 0.6) is 5.75 Å². The number of rotatable bonds is 5. The zero-order chi connectivity index (χ0) is 19.7. The molecule has 7 nitrogen and oxygen atoms in total. The number of carbonyl (C=O) groups is 3.